The Hall–Kier alpha value is -0.440. The Labute approximate surface area is 67.4 Å². The van der Waals surface area contributed by atoms with Gasteiger partial charge >= 0.3 is 0 Å². The van der Waals surface area contributed by atoms with Gasteiger partial charge in [0.2, 0.25) is 0 Å². The Balaban J connectivity index is 3.06. The third-order valence-electron chi connectivity index (χ3n) is 1.04. The van der Waals surface area contributed by atoms with Crippen molar-refractivity contribution < 1.29 is 10.2 Å². The van der Waals surface area contributed by atoms with Crippen LogP contribution in [0.5, 0.6) is 0 Å². The van der Waals surface area contributed by atoms with Crippen LogP contribution in [0.2, 0.25) is 0 Å². The second-order valence-electron chi connectivity index (χ2n) is 1.77. The summed E-state index contributed by atoms with van der Waals surface area (Å²) in [5, 5.41) is 0. The fourth-order valence-corrected chi connectivity index (χ4v) is 1.01. The number of alkyl halides is 2. The molecule has 10 heavy (non-hydrogen) atoms. The van der Waals surface area contributed by atoms with E-state index in [4.69, 9.17) is 1.37 Å². The van der Waals surface area contributed by atoms with Crippen molar-refractivity contribution in [3.05, 3.63) is 34.3 Å². The first-order chi connectivity index (χ1) is 5.00. The number of hydrogen-bond donors (Lipinski definition) is 0. The van der Waals surface area contributed by atoms with Gasteiger partial charge in [0.05, 0.1) is 0 Å². The lowest BCUT2D eigenvalue weighted by atomic mass is 10.2. The quantitative estimate of drug-likeness (QED) is 0.663. The van der Waals surface area contributed by atoms with E-state index >= 15 is 0 Å². The van der Waals surface area contributed by atoms with Crippen molar-refractivity contribution in [2.75, 3.05) is 0 Å². The average Bonchev–Trinajstić information content (AvgIpc) is 1.86. The molecular weight excluding hydrogens is 202 g/mol. The van der Waals surface area contributed by atoms with E-state index in [2.05, 4.69) is 15.9 Å². The van der Waals surface area contributed by atoms with Crippen LogP contribution in [0.25, 0.3) is 0 Å². The molecule has 1 aromatic rings. The molecule has 0 N–H and O–H groups in total. The molecule has 1 aromatic carbocycles. The van der Waals surface area contributed by atoms with Crippen molar-refractivity contribution in [2.24, 2.45) is 0 Å². The highest BCUT2D eigenvalue weighted by molar-refractivity contribution is 9.10. The van der Waals surface area contributed by atoms with E-state index in [-0.39, 0.29) is 5.56 Å². The molecule has 0 fully saturated rings. The summed E-state index contributed by atoms with van der Waals surface area (Å²) in [5.74, 6) is 0. The maximum Gasteiger partial charge on any atom is 0.263 e. The van der Waals surface area contributed by atoms with Gasteiger partial charge in [-0.25, -0.2) is 8.78 Å². The van der Waals surface area contributed by atoms with Gasteiger partial charge in [-0.1, -0.05) is 28.1 Å². The van der Waals surface area contributed by atoms with E-state index in [0.29, 0.717) is 4.47 Å². The van der Waals surface area contributed by atoms with Crippen LogP contribution in [-0.4, -0.2) is 0 Å². The minimum atomic E-state index is -3.50. The standard InChI is InChI=1S/C7H5BrF2/c8-6-3-1-2-5(4-6)7(9)10/h1-4,7H/i7D. The molecule has 0 radical (unpaired) electrons. The van der Waals surface area contributed by atoms with Gasteiger partial charge in [0.25, 0.3) is 6.40 Å². The summed E-state index contributed by atoms with van der Waals surface area (Å²) < 4.78 is 31.5. The van der Waals surface area contributed by atoms with Crippen LogP contribution in [0, 0.1) is 0 Å². The fraction of sp³-hybridized carbons (Fsp3) is 0.143. The SMILES string of the molecule is [2H]C(F)(F)c1cccc(Br)c1. The van der Waals surface area contributed by atoms with Gasteiger partial charge in [0.15, 0.2) is 0 Å². The number of hydrogen-bond acceptors (Lipinski definition) is 0. The third-order valence-corrected chi connectivity index (χ3v) is 1.54. The van der Waals surface area contributed by atoms with Crippen molar-refractivity contribution in [3.8, 4) is 0 Å². The molecule has 0 bridgehead atoms. The first-order valence-corrected chi connectivity index (χ1v) is 3.43. The minimum absolute atomic E-state index is 0.299. The predicted molar refractivity (Wildman–Crippen MR) is 39.1 cm³/mol. The van der Waals surface area contributed by atoms with Crippen molar-refractivity contribution >= 4 is 15.9 Å². The molecule has 1 rings (SSSR count). The Morgan fingerprint density at radius 3 is 2.60 bits per heavy atom. The second kappa shape index (κ2) is 3.10. The van der Waals surface area contributed by atoms with Gasteiger partial charge in [0.1, 0.15) is 1.37 Å². The summed E-state index contributed by atoms with van der Waals surface area (Å²) in [6, 6.07) is 5.56. The predicted octanol–water partition coefficient (Wildman–Crippen LogP) is 3.39. The lowest BCUT2D eigenvalue weighted by Crippen LogP contribution is -1.81. The molecule has 0 heterocycles. The van der Waals surface area contributed by atoms with Gasteiger partial charge in [-0.3, -0.25) is 0 Å². The van der Waals surface area contributed by atoms with E-state index in [1.165, 1.54) is 18.2 Å². The van der Waals surface area contributed by atoms with Gasteiger partial charge in [-0.05, 0) is 12.1 Å². The van der Waals surface area contributed by atoms with Gasteiger partial charge in [-0.15, -0.1) is 0 Å². The Morgan fingerprint density at radius 2 is 2.20 bits per heavy atom. The lowest BCUT2D eigenvalue weighted by Gasteiger charge is -1.97. The minimum Gasteiger partial charge on any atom is -0.205 e. The molecule has 0 atom stereocenters. The number of rotatable bonds is 1. The zero-order valence-electron chi connectivity index (χ0n) is 5.94. The zero-order chi connectivity index (χ0) is 8.48. The highest BCUT2D eigenvalue weighted by Crippen LogP contribution is 2.21. The molecule has 0 saturated carbocycles. The molecule has 0 aliphatic carbocycles. The highest BCUT2D eigenvalue weighted by atomic mass is 79.9. The van der Waals surface area contributed by atoms with Gasteiger partial charge < -0.3 is 0 Å². The molecule has 0 aliphatic heterocycles. The number of benzene rings is 1. The topological polar surface area (TPSA) is 0 Å². The van der Waals surface area contributed by atoms with Crippen molar-refractivity contribution in [1.29, 1.82) is 0 Å². The van der Waals surface area contributed by atoms with Crippen molar-refractivity contribution in [3.63, 3.8) is 0 Å². The Bertz CT molecular complexity index is 257. The fourth-order valence-electron chi connectivity index (χ4n) is 0.606. The van der Waals surface area contributed by atoms with Crippen molar-refractivity contribution in [1.82, 2.24) is 0 Å². The summed E-state index contributed by atoms with van der Waals surface area (Å²) in [6.45, 7) is 0. The summed E-state index contributed by atoms with van der Waals surface area (Å²) in [6.07, 6.45) is -3.50. The van der Waals surface area contributed by atoms with E-state index in [0.717, 1.165) is 0 Å². The smallest absolute Gasteiger partial charge is 0.205 e. The van der Waals surface area contributed by atoms with Crippen LogP contribution in [0.1, 0.15) is 13.3 Å². The maximum absolute atomic E-state index is 12.3. The maximum atomic E-state index is 12.3. The lowest BCUT2D eigenvalue weighted by molar-refractivity contribution is 0.151. The summed E-state index contributed by atoms with van der Waals surface area (Å²) in [7, 11) is 0. The summed E-state index contributed by atoms with van der Waals surface area (Å²) >= 11 is 3.04. The summed E-state index contributed by atoms with van der Waals surface area (Å²) in [4.78, 5) is 0. The Kier molecular flexibility index (Phi) is 1.95. The molecule has 0 nitrogen and oxygen atoms in total. The molecule has 54 valence electrons. The second-order valence-corrected chi connectivity index (χ2v) is 2.69. The Morgan fingerprint density at radius 1 is 1.50 bits per heavy atom. The molecule has 0 aliphatic rings. The van der Waals surface area contributed by atoms with E-state index in [9.17, 15) is 8.78 Å². The van der Waals surface area contributed by atoms with Crippen molar-refractivity contribution in [2.45, 2.75) is 6.40 Å². The summed E-state index contributed by atoms with van der Waals surface area (Å²) in [5.41, 5.74) is -0.299. The molecule has 0 amide bonds. The first kappa shape index (κ1) is 6.28. The molecule has 3 heteroatoms. The average molecular weight is 208 g/mol. The van der Waals surface area contributed by atoms with Crippen LogP contribution >= 0.6 is 15.9 Å². The normalized spacial score (nSPS) is 12.9. The number of halogens is 3. The van der Waals surface area contributed by atoms with E-state index in [1.54, 1.807) is 6.07 Å². The van der Waals surface area contributed by atoms with Crippen LogP contribution in [0.4, 0.5) is 8.78 Å². The van der Waals surface area contributed by atoms with Gasteiger partial charge in [0, 0.05) is 10.0 Å². The third kappa shape index (κ3) is 1.77. The van der Waals surface area contributed by atoms with Crippen LogP contribution in [0.3, 0.4) is 0 Å². The molecular formula is C7H5BrF2. The molecule has 0 aromatic heterocycles. The first-order valence-electron chi connectivity index (χ1n) is 3.14. The van der Waals surface area contributed by atoms with Crippen LogP contribution in [-0.2, 0) is 0 Å². The molecule has 0 saturated heterocycles. The van der Waals surface area contributed by atoms with E-state index < -0.39 is 6.40 Å². The van der Waals surface area contributed by atoms with Crippen LogP contribution in [0.15, 0.2) is 28.7 Å². The monoisotopic (exact) mass is 207 g/mol. The van der Waals surface area contributed by atoms with Crippen LogP contribution < -0.4 is 0 Å². The highest BCUT2D eigenvalue weighted by Gasteiger charge is 2.04. The van der Waals surface area contributed by atoms with E-state index in [1.807, 2.05) is 0 Å². The van der Waals surface area contributed by atoms with Gasteiger partial charge in [-0.2, -0.15) is 0 Å². The molecule has 0 unspecified atom stereocenters. The molecule has 0 spiro atoms. The zero-order valence-corrected chi connectivity index (χ0v) is 6.53. The largest absolute Gasteiger partial charge is 0.263 e.